The monoisotopic (exact) mass is 145 g/mol. The van der Waals surface area contributed by atoms with Gasteiger partial charge in [-0.2, -0.15) is 0 Å². The molecule has 0 radical (unpaired) electrons. The Morgan fingerprint density at radius 1 is 1.90 bits per heavy atom. The number of likely N-dealkylation sites (N-methyl/N-ethyl adjacent to an activating group) is 1. The minimum atomic E-state index is -0.575. The van der Waals surface area contributed by atoms with Gasteiger partial charge in [-0.25, -0.2) is 4.79 Å². The summed E-state index contributed by atoms with van der Waals surface area (Å²) in [6.45, 7) is 2.09. The van der Waals surface area contributed by atoms with E-state index in [1.165, 1.54) is 4.90 Å². The molecule has 1 heterocycles. The van der Waals surface area contributed by atoms with Crippen LogP contribution in [0.5, 0.6) is 0 Å². The van der Waals surface area contributed by atoms with Gasteiger partial charge in [0.15, 0.2) is 0 Å². The zero-order valence-electron chi connectivity index (χ0n) is 6.07. The Morgan fingerprint density at radius 2 is 2.50 bits per heavy atom. The van der Waals surface area contributed by atoms with Gasteiger partial charge in [0.05, 0.1) is 12.6 Å². The molecule has 4 heteroatoms. The molecule has 10 heavy (non-hydrogen) atoms. The van der Waals surface area contributed by atoms with Gasteiger partial charge in [-0.1, -0.05) is 0 Å². The lowest BCUT2D eigenvalue weighted by atomic mass is 10.2. The number of carbonyl (C=O) groups excluding carboxylic acids is 1. The van der Waals surface area contributed by atoms with Gasteiger partial charge in [-0.15, -0.1) is 0 Å². The fourth-order valence-corrected chi connectivity index (χ4v) is 0.852. The molecule has 1 amide bonds. The van der Waals surface area contributed by atoms with E-state index in [-0.39, 0.29) is 12.2 Å². The molecular formula is C6H11NO3. The zero-order valence-corrected chi connectivity index (χ0v) is 6.07. The summed E-state index contributed by atoms with van der Waals surface area (Å²) in [7, 11) is 1.64. The van der Waals surface area contributed by atoms with Gasteiger partial charge in [0.25, 0.3) is 0 Å². The normalized spacial score (nSPS) is 28.5. The predicted molar refractivity (Wildman–Crippen MR) is 34.6 cm³/mol. The lowest BCUT2D eigenvalue weighted by Gasteiger charge is -2.09. The summed E-state index contributed by atoms with van der Waals surface area (Å²) in [4.78, 5) is 12.1. The van der Waals surface area contributed by atoms with E-state index in [1.807, 2.05) is 0 Å². The highest BCUT2D eigenvalue weighted by Gasteiger charge is 2.31. The Kier molecular flexibility index (Phi) is 1.80. The number of carbonyl (C=O) groups is 1. The van der Waals surface area contributed by atoms with Gasteiger partial charge in [0, 0.05) is 7.05 Å². The summed E-state index contributed by atoms with van der Waals surface area (Å²) in [6.07, 6.45) is -1.28. The molecule has 1 aliphatic rings. The fraction of sp³-hybridized carbons (Fsp3) is 0.833. The highest BCUT2D eigenvalue weighted by molar-refractivity contribution is 5.69. The number of aliphatic hydroxyl groups is 1. The minimum absolute atomic E-state index is 0.350. The molecule has 0 bridgehead atoms. The molecule has 1 fully saturated rings. The molecule has 58 valence electrons. The van der Waals surface area contributed by atoms with Crippen molar-refractivity contribution in [3.8, 4) is 0 Å². The first-order chi connectivity index (χ1) is 4.61. The summed E-state index contributed by atoms with van der Waals surface area (Å²) >= 11 is 0. The molecule has 0 aromatic heterocycles. The molecule has 1 N–H and O–H groups in total. The lowest BCUT2D eigenvalue weighted by molar-refractivity contribution is 0.0437. The van der Waals surface area contributed by atoms with E-state index in [9.17, 15) is 4.79 Å². The van der Waals surface area contributed by atoms with Gasteiger partial charge >= 0.3 is 6.09 Å². The number of rotatable bonds is 1. The Labute approximate surface area is 59.4 Å². The van der Waals surface area contributed by atoms with E-state index in [0.717, 1.165) is 0 Å². The number of ether oxygens (including phenoxy) is 1. The largest absolute Gasteiger partial charge is 0.441 e. The predicted octanol–water partition coefficient (Wildman–Crippen LogP) is -0.182. The zero-order chi connectivity index (χ0) is 7.72. The highest BCUT2D eigenvalue weighted by Crippen LogP contribution is 2.11. The van der Waals surface area contributed by atoms with Crippen molar-refractivity contribution in [2.75, 3.05) is 13.6 Å². The summed E-state index contributed by atoms with van der Waals surface area (Å²) < 4.78 is 4.77. The van der Waals surface area contributed by atoms with Crippen molar-refractivity contribution < 1.29 is 14.6 Å². The van der Waals surface area contributed by atoms with Gasteiger partial charge < -0.3 is 14.7 Å². The Bertz CT molecular complexity index is 146. The maximum atomic E-state index is 10.7. The van der Waals surface area contributed by atoms with Gasteiger partial charge in [-0.05, 0) is 6.92 Å². The lowest BCUT2D eigenvalue weighted by Crippen LogP contribution is -2.27. The number of nitrogens with zero attached hydrogens (tertiary/aromatic N) is 1. The van der Waals surface area contributed by atoms with Crippen LogP contribution in [0.25, 0.3) is 0 Å². The molecular weight excluding hydrogens is 134 g/mol. The van der Waals surface area contributed by atoms with Crippen molar-refractivity contribution in [1.29, 1.82) is 0 Å². The van der Waals surface area contributed by atoms with Crippen LogP contribution in [0.15, 0.2) is 0 Å². The third-order valence-corrected chi connectivity index (χ3v) is 1.56. The average Bonchev–Trinajstić information content (AvgIpc) is 2.13. The molecule has 2 unspecified atom stereocenters. The number of aliphatic hydroxyl groups excluding tert-OH is 1. The van der Waals surface area contributed by atoms with Gasteiger partial charge in [0.2, 0.25) is 0 Å². The van der Waals surface area contributed by atoms with Crippen molar-refractivity contribution in [2.45, 2.75) is 19.1 Å². The summed E-state index contributed by atoms with van der Waals surface area (Å²) in [5, 5.41) is 8.98. The number of hydrogen-bond acceptors (Lipinski definition) is 3. The number of cyclic esters (lactones) is 1. The molecule has 4 nitrogen and oxygen atoms in total. The minimum Gasteiger partial charge on any atom is -0.441 e. The van der Waals surface area contributed by atoms with Crippen LogP contribution in [-0.4, -0.2) is 41.9 Å². The second kappa shape index (κ2) is 2.46. The van der Waals surface area contributed by atoms with E-state index in [1.54, 1.807) is 14.0 Å². The molecule has 0 saturated carbocycles. The Morgan fingerprint density at radius 3 is 2.70 bits per heavy atom. The molecule has 0 aromatic carbocycles. The fourth-order valence-electron chi connectivity index (χ4n) is 0.852. The quantitative estimate of drug-likeness (QED) is 0.556. The van der Waals surface area contributed by atoms with Crippen LogP contribution < -0.4 is 0 Å². The second-order valence-electron chi connectivity index (χ2n) is 2.54. The van der Waals surface area contributed by atoms with Crippen LogP contribution in [0.3, 0.4) is 0 Å². The first kappa shape index (κ1) is 7.34. The topological polar surface area (TPSA) is 49.8 Å². The smallest absolute Gasteiger partial charge is 0.410 e. The summed E-state index contributed by atoms with van der Waals surface area (Å²) in [5.41, 5.74) is 0. The molecule has 0 aliphatic carbocycles. The Hall–Kier alpha value is -0.770. The third kappa shape index (κ3) is 1.21. The molecule has 1 saturated heterocycles. The molecule has 2 atom stereocenters. The van der Waals surface area contributed by atoms with Crippen molar-refractivity contribution in [3.05, 3.63) is 0 Å². The summed E-state index contributed by atoms with van der Waals surface area (Å²) in [6, 6.07) is 0. The summed E-state index contributed by atoms with van der Waals surface area (Å²) in [5.74, 6) is 0. The molecule has 0 spiro atoms. The maximum absolute atomic E-state index is 10.7. The van der Waals surface area contributed by atoms with E-state index >= 15 is 0 Å². The van der Waals surface area contributed by atoms with Crippen LogP contribution in [0, 0.1) is 0 Å². The van der Waals surface area contributed by atoms with Crippen molar-refractivity contribution >= 4 is 6.09 Å². The standard InChI is InChI=1S/C6H11NO3/c1-4(8)5-3-7(2)6(9)10-5/h4-5,8H,3H2,1-2H3. The van der Waals surface area contributed by atoms with E-state index in [0.29, 0.717) is 6.54 Å². The van der Waals surface area contributed by atoms with Crippen molar-refractivity contribution in [1.82, 2.24) is 4.90 Å². The molecule has 1 rings (SSSR count). The SMILES string of the molecule is CC(O)C1CN(C)C(=O)O1. The van der Waals surface area contributed by atoms with Crippen molar-refractivity contribution in [2.24, 2.45) is 0 Å². The van der Waals surface area contributed by atoms with Crippen LogP contribution in [-0.2, 0) is 4.74 Å². The first-order valence-corrected chi connectivity index (χ1v) is 3.21. The van der Waals surface area contributed by atoms with Crippen molar-refractivity contribution in [3.63, 3.8) is 0 Å². The first-order valence-electron chi connectivity index (χ1n) is 3.21. The van der Waals surface area contributed by atoms with Crippen LogP contribution in [0.1, 0.15) is 6.92 Å². The second-order valence-corrected chi connectivity index (χ2v) is 2.54. The molecule has 0 aromatic rings. The number of amides is 1. The van der Waals surface area contributed by atoms with Crippen LogP contribution >= 0.6 is 0 Å². The highest BCUT2D eigenvalue weighted by atomic mass is 16.6. The van der Waals surface area contributed by atoms with E-state index in [2.05, 4.69) is 0 Å². The van der Waals surface area contributed by atoms with E-state index in [4.69, 9.17) is 9.84 Å². The van der Waals surface area contributed by atoms with Gasteiger partial charge in [-0.3, -0.25) is 0 Å². The van der Waals surface area contributed by atoms with Crippen LogP contribution in [0.4, 0.5) is 4.79 Å². The average molecular weight is 145 g/mol. The Balaban J connectivity index is 2.49. The number of hydrogen-bond donors (Lipinski definition) is 1. The third-order valence-electron chi connectivity index (χ3n) is 1.56. The van der Waals surface area contributed by atoms with Gasteiger partial charge in [0.1, 0.15) is 6.10 Å². The maximum Gasteiger partial charge on any atom is 0.410 e. The van der Waals surface area contributed by atoms with E-state index < -0.39 is 6.10 Å². The molecule has 1 aliphatic heterocycles. The van der Waals surface area contributed by atoms with Crippen LogP contribution in [0.2, 0.25) is 0 Å².